The molecule has 0 amide bonds. The number of piperazine rings is 1. The number of aromatic nitrogens is 4. The third kappa shape index (κ3) is 6.64. The number of rotatable bonds is 10. The molecule has 0 spiro atoms. The molecule has 0 saturated carbocycles. The van der Waals surface area contributed by atoms with Gasteiger partial charge in [0.05, 0.1) is 36.7 Å². The number of thioether (sulfide) groups is 1. The molecule has 4 N–H and O–H groups in total. The number of aromatic amines is 1. The molecule has 5 rings (SSSR count). The molecule has 0 unspecified atom stereocenters. The summed E-state index contributed by atoms with van der Waals surface area (Å²) in [6.07, 6.45) is 1.74. The number of fused-ring (bicyclic) bond motifs is 1. The van der Waals surface area contributed by atoms with Crippen LogP contribution >= 0.6 is 24.0 Å². The summed E-state index contributed by atoms with van der Waals surface area (Å²) in [7, 11) is 5.16. The van der Waals surface area contributed by atoms with Crippen molar-refractivity contribution < 1.29 is 13.9 Å². The number of thiocarbonyl (C=S) groups is 1. The normalized spacial score (nSPS) is 14.2. The molecule has 1 saturated heterocycles. The Bertz CT molecular complexity index is 1770. The SMILES string of the molecule is CCn1cc(-c2nc(SC/C(=N/NC(N)=S)c3ccc(OC)c(OC)c3)n[nH]2)c(=O)c2cc(F)c(N3CCN(C)CC3)cc21. The number of pyridine rings is 1. The van der Waals surface area contributed by atoms with Gasteiger partial charge >= 0.3 is 0 Å². The zero-order valence-corrected chi connectivity index (χ0v) is 26.5. The maximum absolute atomic E-state index is 15.4. The largest absolute Gasteiger partial charge is 0.493 e. The minimum absolute atomic E-state index is 0.0174. The number of hydrogen-bond acceptors (Lipinski definition) is 10. The van der Waals surface area contributed by atoms with Crippen molar-refractivity contribution in [2.45, 2.75) is 18.6 Å². The Morgan fingerprint density at radius 1 is 1.18 bits per heavy atom. The van der Waals surface area contributed by atoms with Gasteiger partial charge in [-0.25, -0.2) is 9.37 Å². The number of hydrazone groups is 1. The molecule has 0 atom stereocenters. The highest BCUT2D eigenvalue weighted by Crippen LogP contribution is 2.30. The molecule has 15 heteroatoms. The van der Waals surface area contributed by atoms with E-state index in [-0.39, 0.29) is 21.8 Å². The molecular formula is C29H34FN9O3S2. The van der Waals surface area contributed by atoms with Gasteiger partial charge in [0.2, 0.25) is 5.16 Å². The highest BCUT2D eigenvalue weighted by atomic mass is 32.2. The summed E-state index contributed by atoms with van der Waals surface area (Å²) >= 11 is 6.22. The number of methoxy groups -OCH3 is 2. The van der Waals surface area contributed by atoms with Crippen molar-refractivity contribution in [1.82, 2.24) is 30.1 Å². The van der Waals surface area contributed by atoms with Gasteiger partial charge in [0.15, 0.2) is 27.9 Å². The van der Waals surface area contributed by atoms with Gasteiger partial charge in [0.25, 0.3) is 0 Å². The fraction of sp³-hybridized carbons (Fsp3) is 0.345. The van der Waals surface area contributed by atoms with Crippen molar-refractivity contribution in [1.29, 1.82) is 0 Å². The van der Waals surface area contributed by atoms with E-state index < -0.39 is 5.82 Å². The van der Waals surface area contributed by atoms with Crippen LogP contribution in [0.1, 0.15) is 12.5 Å². The van der Waals surface area contributed by atoms with Crippen LogP contribution < -0.4 is 31.0 Å². The molecule has 4 aromatic rings. The average molecular weight is 640 g/mol. The van der Waals surface area contributed by atoms with E-state index in [4.69, 9.17) is 27.4 Å². The Morgan fingerprint density at radius 2 is 1.93 bits per heavy atom. The first-order valence-electron chi connectivity index (χ1n) is 13.9. The average Bonchev–Trinajstić information content (AvgIpc) is 3.50. The van der Waals surface area contributed by atoms with E-state index in [1.807, 2.05) is 22.5 Å². The predicted molar refractivity (Wildman–Crippen MR) is 176 cm³/mol. The highest BCUT2D eigenvalue weighted by molar-refractivity contribution is 7.99. The fourth-order valence-corrected chi connectivity index (χ4v) is 5.81. The lowest BCUT2D eigenvalue weighted by molar-refractivity contribution is 0.312. The maximum atomic E-state index is 15.4. The summed E-state index contributed by atoms with van der Waals surface area (Å²) in [5, 5.41) is 12.2. The van der Waals surface area contributed by atoms with Crippen LogP contribution in [0, 0.1) is 5.82 Å². The van der Waals surface area contributed by atoms with Gasteiger partial charge in [-0.3, -0.25) is 15.3 Å². The van der Waals surface area contributed by atoms with Gasteiger partial charge in [-0.05, 0) is 56.5 Å². The lowest BCUT2D eigenvalue weighted by Crippen LogP contribution is -2.44. The van der Waals surface area contributed by atoms with E-state index in [1.54, 1.807) is 38.6 Å². The number of H-pyrrole nitrogens is 1. The summed E-state index contributed by atoms with van der Waals surface area (Å²) < 4.78 is 28.1. The van der Waals surface area contributed by atoms with Gasteiger partial charge < -0.3 is 29.6 Å². The Balaban J connectivity index is 1.42. The second-order valence-electron chi connectivity index (χ2n) is 10.1. The summed E-state index contributed by atoms with van der Waals surface area (Å²) in [6.45, 7) is 5.69. The molecule has 1 aliphatic rings. The van der Waals surface area contributed by atoms with E-state index in [9.17, 15) is 4.79 Å². The molecule has 44 heavy (non-hydrogen) atoms. The molecule has 0 bridgehead atoms. The van der Waals surface area contributed by atoms with E-state index in [0.717, 1.165) is 31.7 Å². The third-order valence-corrected chi connectivity index (χ3v) is 8.36. The first-order chi connectivity index (χ1) is 21.2. The third-order valence-electron chi connectivity index (χ3n) is 7.41. The number of benzene rings is 2. The Morgan fingerprint density at radius 3 is 2.61 bits per heavy atom. The van der Waals surface area contributed by atoms with E-state index in [0.29, 0.717) is 51.4 Å². The first kappa shape index (κ1) is 31.2. The summed E-state index contributed by atoms with van der Waals surface area (Å²) in [5.74, 6) is 1.32. The number of ether oxygens (including phenoxy) is 2. The van der Waals surface area contributed by atoms with Crippen LogP contribution in [-0.4, -0.2) is 88.7 Å². The zero-order valence-electron chi connectivity index (χ0n) is 24.9. The quantitative estimate of drug-likeness (QED) is 0.102. The van der Waals surface area contributed by atoms with Crippen LogP contribution in [0.5, 0.6) is 11.5 Å². The van der Waals surface area contributed by atoms with Crippen LogP contribution in [0.4, 0.5) is 10.1 Å². The van der Waals surface area contributed by atoms with Crippen molar-refractivity contribution in [3.8, 4) is 22.9 Å². The molecule has 0 radical (unpaired) electrons. The van der Waals surface area contributed by atoms with Crippen molar-refractivity contribution in [3.05, 3.63) is 58.1 Å². The van der Waals surface area contributed by atoms with Crippen molar-refractivity contribution in [3.63, 3.8) is 0 Å². The van der Waals surface area contributed by atoms with E-state index in [1.165, 1.54) is 17.8 Å². The number of nitrogens with zero attached hydrogens (tertiary/aromatic N) is 6. The predicted octanol–water partition coefficient (Wildman–Crippen LogP) is 3.04. The molecule has 1 aliphatic heterocycles. The van der Waals surface area contributed by atoms with Gasteiger partial charge in [-0.1, -0.05) is 11.8 Å². The van der Waals surface area contributed by atoms with Gasteiger partial charge in [-0.2, -0.15) is 5.10 Å². The maximum Gasteiger partial charge on any atom is 0.209 e. The van der Waals surface area contributed by atoms with Gasteiger partial charge in [0.1, 0.15) is 5.82 Å². The lowest BCUT2D eigenvalue weighted by atomic mass is 10.1. The number of halogens is 1. The zero-order chi connectivity index (χ0) is 31.4. The van der Waals surface area contributed by atoms with Gasteiger partial charge in [-0.15, -0.1) is 5.10 Å². The van der Waals surface area contributed by atoms with Gasteiger partial charge in [0, 0.05) is 55.6 Å². The topological polar surface area (TPSA) is 139 Å². The molecule has 2 aromatic carbocycles. The monoisotopic (exact) mass is 639 g/mol. The first-order valence-corrected chi connectivity index (χ1v) is 15.3. The minimum Gasteiger partial charge on any atom is -0.493 e. The van der Waals surface area contributed by atoms with E-state index >= 15 is 4.39 Å². The standard InChI is InChI=1S/C29H34FN9O3S2/c1-5-38-15-19(26(40)18-13-20(30)23(14-22(18)38)39-10-8-37(2)9-11-39)27-32-29(36-34-27)44-16-21(33-35-28(31)43)17-6-7-24(41-3)25(12-17)42-4/h6-7,12-15H,5,8-11,16H2,1-4H3,(H3,31,35,43)(H,32,34,36)/b33-21-. The molecule has 2 aromatic heterocycles. The van der Waals surface area contributed by atoms with Crippen LogP contribution in [-0.2, 0) is 6.54 Å². The number of nitrogens with one attached hydrogen (secondary N) is 2. The Kier molecular flexibility index (Phi) is 9.66. The van der Waals surface area contributed by atoms with Crippen molar-refractivity contribution in [2.75, 3.05) is 58.1 Å². The Hall–Kier alpha value is -4.21. The second kappa shape index (κ2) is 13.6. The summed E-state index contributed by atoms with van der Waals surface area (Å²) in [4.78, 5) is 22.4. The van der Waals surface area contributed by atoms with Crippen molar-refractivity contribution in [2.24, 2.45) is 10.8 Å². The number of likely N-dealkylation sites (N-methyl/N-ethyl adjacent to an activating group) is 1. The molecule has 1 fully saturated rings. The fourth-order valence-electron chi connectivity index (χ4n) is 5.00. The smallest absolute Gasteiger partial charge is 0.209 e. The Labute approximate surface area is 263 Å². The minimum atomic E-state index is -0.416. The molecule has 12 nitrogen and oxygen atoms in total. The molecular weight excluding hydrogens is 606 g/mol. The molecule has 3 heterocycles. The molecule has 0 aliphatic carbocycles. The second-order valence-corrected chi connectivity index (χ2v) is 11.5. The van der Waals surface area contributed by atoms with Crippen LogP contribution in [0.3, 0.4) is 0 Å². The molecule has 232 valence electrons. The summed E-state index contributed by atoms with van der Waals surface area (Å²) in [5.41, 5.74) is 10.7. The van der Waals surface area contributed by atoms with Crippen LogP contribution in [0.15, 0.2) is 51.6 Å². The van der Waals surface area contributed by atoms with Crippen molar-refractivity contribution >= 4 is 51.4 Å². The number of anilines is 1. The van der Waals surface area contributed by atoms with Crippen LogP contribution in [0.25, 0.3) is 22.3 Å². The number of hydrogen-bond donors (Lipinski definition) is 3. The highest BCUT2D eigenvalue weighted by Gasteiger charge is 2.21. The van der Waals surface area contributed by atoms with E-state index in [2.05, 4.69) is 37.7 Å². The number of aryl methyl sites for hydroxylation is 1. The number of nitrogens with two attached hydrogens (primary N) is 1. The lowest BCUT2D eigenvalue weighted by Gasteiger charge is -2.34. The van der Waals surface area contributed by atoms with Crippen LogP contribution in [0.2, 0.25) is 0 Å². The summed E-state index contributed by atoms with van der Waals surface area (Å²) in [6, 6.07) is 8.52.